The number of amides is 1. The molecule has 0 bridgehead atoms. The minimum atomic E-state index is -0.00531. The third-order valence-electron chi connectivity index (χ3n) is 2.06. The van der Waals surface area contributed by atoms with Gasteiger partial charge in [-0.2, -0.15) is 0 Å². The molecule has 0 radical (unpaired) electrons. The number of nitrogens with zero attached hydrogens (tertiary/aromatic N) is 3. The molecule has 6 heteroatoms. The van der Waals surface area contributed by atoms with Gasteiger partial charge in [0.15, 0.2) is 5.82 Å². The lowest BCUT2D eigenvalue weighted by Crippen LogP contribution is -2.48. The second-order valence-corrected chi connectivity index (χ2v) is 3.07. The number of nitrogen functional groups attached to an aromatic ring is 1. The fourth-order valence-electron chi connectivity index (χ4n) is 1.42. The predicted molar refractivity (Wildman–Crippen MR) is 51.7 cm³/mol. The van der Waals surface area contributed by atoms with Crippen LogP contribution in [0.2, 0.25) is 0 Å². The summed E-state index contributed by atoms with van der Waals surface area (Å²) in [6.45, 7) is 1.66. The maximum atomic E-state index is 11.1. The number of nitrogens with two attached hydrogens (primary N) is 1. The van der Waals surface area contributed by atoms with Gasteiger partial charge in [0.1, 0.15) is 6.33 Å². The van der Waals surface area contributed by atoms with E-state index >= 15 is 0 Å². The topological polar surface area (TPSA) is 84.1 Å². The van der Waals surface area contributed by atoms with Crippen molar-refractivity contribution < 1.29 is 4.79 Å². The van der Waals surface area contributed by atoms with E-state index in [4.69, 9.17) is 5.73 Å². The summed E-state index contributed by atoms with van der Waals surface area (Å²) in [6, 6.07) is 0. The Bertz CT molecular complexity index is 353. The van der Waals surface area contributed by atoms with Crippen molar-refractivity contribution in [3.63, 3.8) is 0 Å². The lowest BCUT2D eigenvalue weighted by Gasteiger charge is -2.27. The molecule has 14 heavy (non-hydrogen) atoms. The summed E-state index contributed by atoms with van der Waals surface area (Å²) in [5, 5.41) is 2.74. The minimum absolute atomic E-state index is 0.00531. The van der Waals surface area contributed by atoms with E-state index in [2.05, 4.69) is 15.3 Å². The van der Waals surface area contributed by atoms with Crippen LogP contribution >= 0.6 is 0 Å². The zero-order chi connectivity index (χ0) is 9.97. The van der Waals surface area contributed by atoms with Gasteiger partial charge in [-0.05, 0) is 0 Å². The molecular formula is C8H11N5O. The number of aromatic nitrogens is 2. The summed E-state index contributed by atoms with van der Waals surface area (Å²) in [7, 11) is 0. The summed E-state index contributed by atoms with van der Waals surface area (Å²) in [6.07, 6.45) is 2.97. The van der Waals surface area contributed by atoms with Crippen molar-refractivity contribution in [3.05, 3.63) is 12.5 Å². The standard InChI is InChI=1S/C8H11N5O/c9-6-3-10-5-12-8(6)13-2-1-11-7(14)4-13/h3,5H,1-2,4,9H2,(H,11,14). The highest BCUT2D eigenvalue weighted by molar-refractivity contribution is 5.83. The molecule has 0 aliphatic carbocycles. The summed E-state index contributed by atoms with van der Waals surface area (Å²) in [4.78, 5) is 20.8. The van der Waals surface area contributed by atoms with E-state index in [1.165, 1.54) is 12.5 Å². The summed E-state index contributed by atoms with van der Waals surface area (Å²) in [5.74, 6) is 0.629. The van der Waals surface area contributed by atoms with Crippen LogP contribution in [0.15, 0.2) is 12.5 Å². The normalized spacial score (nSPS) is 16.6. The van der Waals surface area contributed by atoms with Crippen LogP contribution in [0.1, 0.15) is 0 Å². The molecule has 0 saturated carbocycles. The van der Waals surface area contributed by atoms with Crippen molar-refractivity contribution >= 4 is 17.4 Å². The molecule has 1 amide bonds. The smallest absolute Gasteiger partial charge is 0.239 e. The van der Waals surface area contributed by atoms with Crippen molar-refractivity contribution in [3.8, 4) is 0 Å². The van der Waals surface area contributed by atoms with E-state index < -0.39 is 0 Å². The Morgan fingerprint density at radius 3 is 3.14 bits per heavy atom. The second-order valence-electron chi connectivity index (χ2n) is 3.07. The Morgan fingerprint density at radius 2 is 2.43 bits per heavy atom. The number of carbonyl (C=O) groups is 1. The average Bonchev–Trinajstić information content (AvgIpc) is 2.18. The quantitative estimate of drug-likeness (QED) is 0.597. The lowest BCUT2D eigenvalue weighted by molar-refractivity contribution is -0.120. The summed E-state index contributed by atoms with van der Waals surface area (Å²) >= 11 is 0. The van der Waals surface area contributed by atoms with Crippen LogP contribution in [-0.4, -0.2) is 35.5 Å². The molecule has 0 atom stereocenters. The number of rotatable bonds is 1. The molecule has 2 heterocycles. The molecule has 0 spiro atoms. The highest BCUT2D eigenvalue weighted by atomic mass is 16.2. The maximum absolute atomic E-state index is 11.1. The van der Waals surface area contributed by atoms with Gasteiger partial charge in [0.05, 0.1) is 18.4 Å². The van der Waals surface area contributed by atoms with Crippen LogP contribution in [0.4, 0.5) is 11.5 Å². The third kappa shape index (κ3) is 1.59. The molecule has 6 nitrogen and oxygen atoms in total. The van der Waals surface area contributed by atoms with Crippen molar-refractivity contribution in [2.45, 2.75) is 0 Å². The van der Waals surface area contributed by atoms with Crippen LogP contribution in [-0.2, 0) is 4.79 Å². The first-order chi connectivity index (χ1) is 6.77. The first-order valence-corrected chi connectivity index (χ1v) is 4.34. The second kappa shape index (κ2) is 3.49. The molecule has 74 valence electrons. The van der Waals surface area contributed by atoms with Crippen molar-refractivity contribution in [1.82, 2.24) is 15.3 Å². The van der Waals surface area contributed by atoms with Crippen molar-refractivity contribution in [2.75, 3.05) is 30.3 Å². The molecule has 1 aromatic heterocycles. The highest BCUT2D eigenvalue weighted by Gasteiger charge is 2.18. The molecule has 1 saturated heterocycles. The predicted octanol–water partition coefficient (Wildman–Crippen LogP) is -1.01. The molecule has 1 aliphatic heterocycles. The van der Waals surface area contributed by atoms with E-state index in [1.54, 1.807) is 0 Å². The lowest BCUT2D eigenvalue weighted by atomic mass is 10.3. The van der Waals surface area contributed by atoms with Crippen LogP contribution in [0.25, 0.3) is 0 Å². The van der Waals surface area contributed by atoms with Gasteiger partial charge >= 0.3 is 0 Å². The SMILES string of the molecule is Nc1cncnc1N1CCNC(=O)C1. The van der Waals surface area contributed by atoms with E-state index in [9.17, 15) is 4.79 Å². The van der Waals surface area contributed by atoms with E-state index in [1.807, 2.05) is 4.90 Å². The molecule has 2 rings (SSSR count). The van der Waals surface area contributed by atoms with Crippen molar-refractivity contribution in [1.29, 1.82) is 0 Å². The highest BCUT2D eigenvalue weighted by Crippen LogP contribution is 2.17. The fourth-order valence-corrected chi connectivity index (χ4v) is 1.42. The largest absolute Gasteiger partial charge is 0.394 e. The Labute approximate surface area is 81.1 Å². The van der Waals surface area contributed by atoms with Gasteiger partial charge in [0.2, 0.25) is 5.91 Å². The third-order valence-corrected chi connectivity index (χ3v) is 2.06. The zero-order valence-electron chi connectivity index (χ0n) is 7.60. The van der Waals surface area contributed by atoms with Gasteiger partial charge in [0.25, 0.3) is 0 Å². The Kier molecular flexibility index (Phi) is 2.18. The van der Waals surface area contributed by atoms with Crippen LogP contribution in [0.3, 0.4) is 0 Å². The number of hydrogen-bond donors (Lipinski definition) is 2. The van der Waals surface area contributed by atoms with Crippen LogP contribution in [0.5, 0.6) is 0 Å². The van der Waals surface area contributed by atoms with Gasteiger partial charge in [-0.15, -0.1) is 0 Å². The van der Waals surface area contributed by atoms with Gasteiger partial charge in [-0.1, -0.05) is 0 Å². The first kappa shape index (κ1) is 8.74. The Hall–Kier alpha value is -1.85. The Balaban J connectivity index is 2.22. The number of piperazine rings is 1. The monoisotopic (exact) mass is 193 g/mol. The number of nitrogens with one attached hydrogen (secondary N) is 1. The molecular weight excluding hydrogens is 182 g/mol. The van der Waals surface area contributed by atoms with E-state index in [0.29, 0.717) is 24.6 Å². The number of carbonyl (C=O) groups excluding carboxylic acids is 1. The maximum Gasteiger partial charge on any atom is 0.239 e. The Morgan fingerprint density at radius 1 is 1.57 bits per heavy atom. The minimum Gasteiger partial charge on any atom is -0.394 e. The molecule has 1 fully saturated rings. The summed E-state index contributed by atoms with van der Waals surface area (Å²) in [5.41, 5.74) is 6.20. The van der Waals surface area contributed by atoms with E-state index in [0.717, 1.165) is 6.54 Å². The van der Waals surface area contributed by atoms with Crippen LogP contribution in [0, 0.1) is 0 Å². The van der Waals surface area contributed by atoms with Gasteiger partial charge in [-0.25, -0.2) is 9.97 Å². The fraction of sp³-hybridized carbons (Fsp3) is 0.375. The van der Waals surface area contributed by atoms with Crippen molar-refractivity contribution in [2.24, 2.45) is 0 Å². The van der Waals surface area contributed by atoms with Crippen LogP contribution < -0.4 is 16.0 Å². The van der Waals surface area contributed by atoms with Gasteiger partial charge in [-0.3, -0.25) is 4.79 Å². The van der Waals surface area contributed by atoms with Gasteiger partial charge in [0, 0.05) is 13.1 Å². The summed E-state index contributed by atoms with van der Waals surface area (Å²) < 4.78 is 0. The first-order valence-electron chi connectivity index (χ1n) is 4.34. The molecule has 0 unspecified atom stereocenters. The van der Waals surface area contributed by atoms with E-state index in [-0.39, 0.29) is 5.91 Å². The number of hydrogen-bond acceptors (Lipinski definition) is 5. The molecule has 1 aromatic rings. The number of anilines is 2. The zero-order valence-corrected chi connectivity index (χ0v) is 7.60. The van der Waals surface area contributed by atoms with Gasteiger partial charge < -0.3 is 16.0 Å². The molecule has 3 N–H and O–H groups in total. The average molecular weight is 193 g/mol. The molecule has 1 aliphatic rings. The molecule has 0 aromatic carbocycles.